The zero-order valence-electron chi connectivity index (χ0n) is 9.08. The van der Waals surface area contributed by atoms with Crippen molar-refractivity contribution in [2.45, 2.75) is 30.6 Å². The van der Waals surface area contributed by atoms with Crippen molar-refractivity contribution >= 4 is 12.0 Å². The molecule has 2 rings (SSSR count). The maximum atomic E-state index is 12.5. The monoisotopic (exact) mass is 244 g/mol. The minimum Gasteiger partial charge on any atom is -0.310 e. The van der Waals surface area contributed by atoms with Gasteiger partial charge in [-0.15, -0.1) is 0 Å². The summed E-state index contributed by atoms with van der Waals surface area (Å²) in [7, 11) is 0. The predicted molar refractivity (Wildman–Crippen MR) is 60.7 cm³/mol. The Labute approximate surface area is 98.4 Å². The van der Waals surface area contributed by atoms with Crippen molar-refractivity contribution in [3.8, 4) is 0 Å². The van der Waals surface area contributed by atoms with Crippen molar-refractivity contribution in [2.24, 2.45) is 5.92 Å². The molecule has 16 heavy (non-hydrogen) atoms. The Morgan fingerprint density at radius 3 is 2.50 bits per heavy atom. The third-order valence-electron chi connectivity index (χ3n) is 2.65. The number of hydrogen-bond donors (Lipinski definition) is 0. The molecule has 1 aromatic rings. The van der Waals surface area contributed by atoms with Gasteiger partial charge in [-0.05, 0) is 25.0 Å². The molecule has 1 aliphatic carbocycles. The highest BCUT2D eigenvalue weighted by Gasteiger charge is 2.45. The molecule has 0 heterocycles. The van der Waals surface area contributed by atoms with Crippen molar-refractivity contribution in [3.05, 3.63) is 29.8 Å². The Morgan fingerprint density at radius 1 is 1.31 bits per heavy atom. The summed E-state index contributed by atoms with van der Waals surface area (Å²) in [6.07, 6.45) is -0.0527. The fourth-order valence-corrected chi connectivity index (χ4v) is 2.34. The van der Waals surface area contributed by atoms with Gasteiger partial charge in [-0.2, -0.15) is 0 Å². The van der Waals surface area contributed by atoms with Gasteiger partial charge in [0.05, 0.1) is 6.61 Å². The van der Waals surface area contributed by atoms with Gasteiger partial charge in [-0.25, -0.2) is 8.78 Å². The Kier molecular flexibility index (Phi) is 3.50. The van der Waals surface area contributed by atoms with Crippen molar-refractivity contribution in [3.63, 3.8) is 0 Å². The molecule has 0 bridgehead atoms. The molecule has 0 atom stereocenters. The average Bonchev–Trinajstić information content (AvgIpc) is 2.18. The number of halogens is 2. The van der Waals surface area contributed by atoms with E-state index < -0.39 is 5.92 Å². The lowest BCUT2D eigenvalue weighted by Crippen LogP contribution is -2.37. The molecular weight excluding hydrogens is 230 g/mol. The molecule has 0 N–H and O–H groups in total. The Bertz CT molecular complexity index is 343. The first-order valence-corrected chi connectivity index (χ1v) is 6.03. The lowest BCUT2D eigenvalue weighted by Gasteiger charge is -2.34. The van der Waals surface area contributed by atoms with Gasteiger partial charge in [0.15, 0.2) is 0 Å². The highest BCUT2D eigenvalue weighted by molar-refractivity contribution is 7.94. The zero-order valence-corrected chi connectivity index (χ0v) is 9.90. The third kappa shape index (κ3) is 3.19. The molecular formula is C12H14F2OS. The lowest BCUT2D eigenvalue weighted by molar-refractivity contribution is -0.117. The van der Waals surface area contributed by atoms with Gasteiger partial charge in [0.1, 0.15) is 0 Å². The van der Waals surface area contributed by atoms with Crippen molar-refractivity contribution in [1.82, 2.24) is 0 Å². The van der Waals surface area contributed by atoms with Crippen LogP contribution in [0.1, 0.15) is 18.4 Å². The van der Waals surface area contributed by atoms with E-state index in [1.165, 1.54) is 17.6 Å². The largest absolute Gasteiger partial charge is 0.310 e. The summed E-state index contributed by atoms with van der Waals surface area (Å²) in [6, 6.07) is 7.94. The van der Waals surface area contributed by atoms with Crippen LogP contribution in [0.4, 0.5) is 8.78 Å². The van der Waals surface area contributed by atoms with E-state index in [1.54, 1.807) is 0 Å². The number of alkyl halides is 2. The summed E-state index contributed by atoms with van der Waals surface area (Å²) >= 11 is 1.26. The smallest absolute Gasteiger partial charge is 0.248 e. The van der Waals surface area contributed by atoms with Crippen LogP contribution in [0, 0.1) is 12.8 Å². The molecule has 0 aliphatic heterocycles. The van der Waals surface area contributed by atoms with Gasteiger partial charge in [-0.3, -0.25) is 0 Å². The first kappa shape index (κ1) is 11.9. The van der Waals surface area contributed by atoms with Gasteiger partial charge < -0.3 is 4.18 Å². The molecule has 0 saturated heterocycles. The van der Waals surface area contributed by atoms with E-state index in [0.29, 0.717) is 6.61 Å². The first-order valence-electron chi connectivity index (χ1n) is 5.29. The van der Waals surface area contributed by atoms with Crippen LogP contribution >= 0.6 is 12.0 Å². The lowest BCUT2D eigenvalue weighted by atomic mass is 9.82. The maximum absolute atomic E-state index is 12.5. The van der Waals surface area contributed by atoms with Crippen LogP contribution in [0.25, 0.3) is 0 Å². The number of benzene rings is 1. The van der Waals surface area contributed by atoms with Crippen LogP contribution in [0.3, 0.4) is 0 Å². The summed E-state index contributed by atoms with van der Waals surface area (Å²) in [5, 5.41) is 0. The van der Waals surface area contributed by atoms with Crippen molar-refractivity contribution < 1.29 is 13.0 Å². The molecule has 0 unspecified atom stereocenters. The van der Waals surface area contributed by atoms with Crippen molar-refractivity contribution in [1.29, 1.82) is 0 Å². The van der Waals surface area contributed by atoms with Gasteiger partial charge in [-0.1, -0.05) is 17.7 Å². The van der Waals surface area contributed by atoms with E-state index >= 15 is 0 Å². The second-order valence-electron chi connectivity index (χ2n) is 4.31. The Hall–Kier alpha value is -0.610. The van der Waals surface area contributed by atoms with Gasteiger partial charge in [0, 0.05) is 29.8 Å². The molecule has 4 heteroatoms. The molecule has 1 fully saturated rings. The van der Waals surface area contributed by atoms with E-state index in [2.05, 4.69) is 0 Å². The molecule has 88 valence electrons. The molecule has 0 spiro atoms. The molecule has 0 aromatic heterocycles. The topological polar surface area (TPSA) is 9.23 Å². The van der Waals surface area contributed by atoms with Crippen molar-refractivity contribution in [2.75, 3.05) is 6.61 Å². The second-order valence-corrected chi connectivity index (χ2v) is 5.18. The molecule has 1 aliphatic rings. The van der Waals surface area contributed by atoms with E-state index in [1.807, 2.05) is 31.2 Å². The molecule has 0 radical (unpaired) electrons. The van der Waals surface area contributed by atoms with Crippen LogP contribution in [-0.4, -0.2) is 12.5 Å². The summed E-state index contributed by atoms with van der Waals surface area (Å²) in [4.78, 5) is 1.01. The Balaban J connectivity index is 1.67. The minimum absolute atomic E-state index is 0.0212. The first-order chi connectivity index (χ1) is 7.55. The van der Waals surface area contributed by atoms with Crippen LogP contribution in [0.2, 0.25) is 0 Å². The Morgan fingerprint density at radius 2 is 1.94 bits per heavy atom. The number of hydrogen-bond acceptors (Lipinski definition) is 2. The highest BCUT2D eigenvalue weighted by atomic mass is 32.2. The normalized spacial score (nSPS) is 19.4. The second kappa shape index (κ2) is 4.72. The highest BCUT2D eigenvalue weighted by Crippen LogP contribution is 2.42. The fraction of sp³-hybridized carbons (Fsp3) is 0.500. The fourth-order valence-electron chi connectivity index (χ4n) is 1.69. The van der Waals surface area contributed by atoms with Gasteiger partial charge >= 0.3 is 0 Å². The van der Waals surface area contributed by atoms with Gasteiger partial charge in [0.2, 0.25) is 5.92 Å². The minimum atomic E-state index is -2.44. The standard InChI is InChI=1S/C12H14F2OS/c1-9-2-4-11(5-3-9)16-15-8-10-6-12(13,14)7-10/h2-5,10H,6-8H2,1H3. The summed E-state index contributed by atoms with van der Waals surface area (Å²) in [5.41, 5.74) is 1.20. The average molecular weight is 244 g/mol. The summed E-state index contributed by atoms with van der Waals surface area (Å²) in [5.74, 6) is -2.42. The number of rotatable bonds is 4. The van der Waals surface area contributed by atoms with Gasteiger partial charge in [0.25, 0.3) is 0 Å². The van der Waals surface area contributed by atoms with E-state index in [-0.39, 0.29) is 18.8 Å². The van der Waals surface area contributed by atoms with E-state index in [0.717, 1.165) is 4.90 Å². The zero-order chi connectivity index (χ0) is 11.6. The van der Waals surface area contributed by atoms with Crippen LogP contribution < -0.4 is 0 Å². The summed E-state index contributed by atoms with van der Waals surface area (Å²) < 4.78 is 30.4. The third-order valence-corrected chi connectivity index (χ3v) is 3.37. The molecule has 0 amide bonds. The van der Waals surface area contributed by atoms with Crippen LogP contribution in [-0.2, 0) is 4.18 Å². The van der Waals surface area contributed by atoms with Crippen LogP contribution in [0.5, 0.6) is 0 Å². The number of aryl methyl sites for hydroxylation is 1. The molecule has 1 saturated carbocycles. The maximum Gasteiger partial charge on any atom is 0.248 e. The van der Waals surface area contributed by atoms with Crippen LogP contribution in [0.15, 0.2) is 29.2 Å². The van der Waals surface area contributed by atoms with E-state index in [9.17, 15) is 8.78 Å². The van der Waals surface area contributed by atoms with E-state index in [4.69, 9.17) is 4.18 Å². The molecule has 1 aromatic carbocycles. The summed E-state index contributed by atoms with van der Waals surface area (Å²) in [6.45, 7) is 2.43. The predicted octanol–water partition coefficient (Wildman–Crippen LogP) is 4.06. The SMILES string of the molecule is Cc1ccc(SOCC2CC(F)(F)C2)cc1. The quantitative estimate of drug-likeness (QED) is 0.738. The molecule has 1 nitrogen and oxygen atoms in total.